The third-order valence-corrected chi connectivity index (χ3v) is 15.1. The number of halogens is 4. The predicted octanol–water partition coefficient (Wildman–Crippen LogP) is 15.1. The zero-order valence-corrected chi connectivity index (χ0v) is 50.7. The van der Waals surface area contributed by atoms with Crippen LogP contribution in [0.25, 0.3) is 0 Å². The van der Waals surface area contributed by atoms with Gasteiger partial charge < -0.3 is 31.6 Å². The zero-order valence-electron chi connectivity index (χ0n) is 45.1. The Labute approximate surface area is 490 Å². The van der Waals surface area contributed by atoms with Crippen LogP contribution in [0.5, 0.6) is 0 Å². The molecule has 8 N–H and O–H groups in total. The van der Waals surface area contributed by atoms with E-state index in [4.69, 9.17) is 54.1 Å². The fourth-order valence-corrected chi connectivity index (χ4v) is 11.4. The lowest BCUT2D eigenvalue weighted by atomic mass is 9.89. The molecule has 77 heavy (non-hydrogen) atoms. The molecule has 0 bridgehead atoms. The van der Waals surface area contributed by atoms with E-state index < -0.39 is 28.9 Å². The quantitative estimate of drug-likeness (QED) is 0.0770. The molecular formula is C57H73Cl4N9O4S3. The molecule has 0 fully saturated rings. The van der Waals surface area contributed by atoms with Gasteiger partial charge >= 0.3 is 12.2 Å². The number of carbonyl (C=O) groups excluding carboxylic acids is 2. The number of hydrogen-bond acceptors (Lipinski definition) is 14. The van der Waals surface area contributed by atoms with Crippen molar-refractivity contribution in [2.24, 2.45) is 20.7 Å². The van der Waals surface area contributed by atoms with E-state index in [0.717, 1.165) is 81.2 Å². The number of nitrogens with two attached hydrogens (primary N) is 2. The van der Waals surface area contributed by atoms with E-state index in [9.17, 15) is 9.59 Å². The lowest BCUT2D eigenvalue weighted by Crippen LogP contribution is -2.38. The molecule has 0 aromatic heterocycles. The number of anilines is 3. The molecule has 13 nitrogen and oxygen atoms in total. The lowest BCUT2D eigenvalue weighted by Gasteiger charge is -2.31. The van der Waals surface area contributed by atoms with Crippen LogP contribution in [0.2, 0.25) is 10.0 Å². The number of thioether (sulfide) groups is 3. The first-order valence-corrected chi connectivity index (χ1v) is 28.5. The van der Waals surface area contributed by atoms with Crippen molar-refractivity contribution in [2.75, 3.05) is 33.6 Å². The van der Waals surface area contributed by atoms with Crippen LogP contribution in [-0.4, -0.2) is 56.2 Å². The van der Waals surface area contributed by atoms with Gasteiger partial charge in [-0.25, -0.2) is 9.59 Å². The summed E-state index contributed by atoms with van der Waals surface area (Å²) in [4.78, 5) is 38.2. The molecule has 3 heterocycles. The minimum atomic E-state index is -0.544. The van der Waals surface area contributed by atoms with Crippen molar-refractivity contribution in [3.05, 3.63) is 159 Å². The molecule has 20 heteroatoms. The highest BCUT2D eigenvalue weighted by Gasteiger charge is 2.33. The average Bonchev–Trinajstić information content (AvgIpc) is 3.33. The Morgan fingerprint density at radius 2 is 0.909 bits per heavy atom. The maximum absolute atomic E-state index is 12.1. The van der Waals surface area contributed by atoms with Crippen LogP contribution in [0.15, 0.2) is 136 Å². The lowest BCUT2D eigenvalue weighted by molar-refractivity contribution is 0.0552. The molecule has 0 aliphatic carbocycles. The van der Waals surface area contributed by atoms with Crippen LogP contribution in [-0.2, 0) is 39.2 Å². The van der Waals surface area contributed by atoms with Crippen molar-refractivity contribution in [3.63, 3.8) is 0 Å². The summed E-state index contributed by atoms with van der Waals surface area (Å²) in [5.74, 6) is 2.75. The summed E-state index contributed by atoms with van der Waals surface area (Å²) < 4.78 is 10.6. The Balaban J connectivity index is 0.000000250. The van der Waals surface area contributed by atoms with E-state index in [1.165, 1.54) is 34.7 Å². The Bertz CT molecular complexity index is 2850. The van der Waals surface area contributed by atoms with Gasteiger partial charge in [0.1, 0.15) is 11.2 Å². The second-order valence-electron chi connectivity index (χ2n) is 20.9. The van der Waals surface area contributed by atoms with Gasteiger partial charge in [0.2, 0.25) is 0 Å². The minimum absolute atomic E-state index is 0. The van der Waals surface area contributed by atoms with Crippen LogP contribution in [0, 0.1) is 0 Å². The Hall–Kier alpha value is -4.94. The molecule has 0 spiro atoms. The van der Waals surface area contributed by atoms with E-state index in [2.05, 4.69) is 83.4 Å². The standard InChI is InChI=1S/C23H28ClN3O2S.C18H20ClN3S.C16H23N3O2S.2ClH/c1-22(2,3)29-21(28)26-20-27-23(4,12-13-30-20)17-6-5-7-19(14-17)25-15-16-8-10-18(24)11-9-16;1-18(9-10-23-17(20)22-18)14-3-2-4-16(11-14)21-12-13-5-7-15(19)8-6-13;1-15(2,3)21-14(20)18-13-19-16(4,8-9-22-13)11-6-5-7-12(17)10-11;;/h5-11,14,25H,12-13,15H2,1-4H3,(H,26,27,28);2-8,11,21H,9-10,12H2,1H3,(H2,20,22);5-7,10H,8-9,17H2,1-4H3,(H,18,19,20);2*1H. The molecular weight excluding hydrogens is 1110 g/mol. The number of alkyl carbamates (subject to hydrolysis) is 2. The molecule has 0 saturated heterocycles. The summed E-state index contributed by atoms with van der Waals surface area (Å²) in [6, 6.07) is 40.1. The molecule has 2 amide bonds. The third kappa shape index (κ3) is 21.0. The topological polar surface area (TPSA) is 190 Å². The highest BCUT2D eigenvalue weighted by atomic mass is 35.5. The highest BCUT2D eigenvalue weighted by molar-refractivity contribution is 8.14. The molecule has 3 unspecified atom stereocenters. The first-order chi connectivity index (χ1) is 35.4. The number of aliphatic imine (C=N–C) groups is 3. The van der Waals surface area contributed by atoms with E-state index in [0.29, 0.717) is 27.7 Å². The molecule has 3 atom stereocenters. The molecule has 3 aliphatic heterocycles. The largest absolute Gasteiger partial charge is 0.444 e. The van der Waals surface area contributed by atoms with Crippen molar-refractivity contribution >= 4 is 128 Å². The first kappa shape index (κ1) is 64.6. The van der Waals surface area contributed by atoms with Crippen molar-refractivity contribution in [2.45, 2.75) is 122 Å². The summed E-state index contributed by atoms with van der Waals surface area (Å²) in [5.41, 5.74) is 18.2. The second kappa shape index (κ2) is 28.8. The van der Waals surface area contributed by atoms with Crippen LogP contribution < -0.4 is 32.7 Å². The van der Waals surface area contributed by atoms with Gasteiger partial charge in [0, 0.05) is 57.5 Å². The number of rotatable bonds is 9. The monoisotopic (exact) mass is 1180 g/mol. The van der Waals surface area contributed by atoms with Gasteiger partial charge in [-0.3, -0.25) is 25.6 Å². The van der Waals surface area contributed by atoms with Gasteiger partial charge in [-0.15, -0.1) is 24.8 Å². The number of amides is 2. The SMILES string of the molecule is CC(C)(C)OC(=O)NC1=NC(C)(c2cccc(N)c2)CCS1.CC(C)(C)OC(=O)NC1=NC(C)(c2cccc(NCc3ccc(Cl)cc3)c2)CCS1.CC1(c2cccc(NCc3ccc(Cl)cc3)c2)CCSC(N)=N1.Cl.Cl. The van der Waals surface area contributed by atoms with Gasteiger partial charge in [-0.1, -0.05) is 119 Å². The molecule has 3 aliphatic rings. The van der Waals surface area contributed by atoms with E-state index in [-0.39, 0.29) is 35.9 Å². The van der Waals surface area contributed by atoms with Crippen molar-refractivity contribution in [1.82, 2.24) is 10.6 Å². The number of amidine groups is 3. The molecule has 416 valence electrons. The molecule has 8 rings (SSSR count). The molecule has 0 saturated carbocycles. The van der Waals surface area contributed by atoms with Crippen molar-refractivity contribution in [3.8, 4) is 0 Å². The Morgan fingerprint density at radius 3 is 1.29 bits per heavy atom. The van der Waals surface area contributed by atoms with Gasteiger partial charge in [-0.05, 0) is 170 Å². The van der Waals surface area contributed by atoms with Gasteiger partial charge in [-0.2, -0.15) is 0 Å². The number of nitrogen functional groups attached to an aromatic ring is 1. The third-order valence-electron chi connectivity index (χ3n) is 12.1. The van der Waals surface area contributed by atoms with Gasteiger partial charge in [0.05, 0.1) is 16.6 Å². The summed E-state index contributed by atoms with van der Waals surface area (Å²) in [6.45, 7) is 18.8. The van der Waals surface area contributed by atoms with Crippen LogP contribution >= 0.6 is 83.3 Å². The molecule has 5 aromatic carbocycles. The minimum Gasteiger partial charge on any atom is -0.444 e. The first-order valence-electron chi connectivity index (χ1n) is 24.8. The number of ether oxygens (including phenoxy) is 2. The van der Waals surface area contributed by atoms with E-state index >= 15 is 0 Å². The summed E-state index contributed by atoms with van der Waals surface area (Å²) in [6.07, 6.45) is 1.82. The number of benzene rings is 5. The number of hydrogen-bond donors (Lipinski definition) is 6. The maximum Gasteiger partial charge on any atom is 0.413 e. The normalized spacial score (nSPS) is 19.9. The second-order valence-corrected chi connectivity index (χ2v) is 25.1. The van der Waals surface area contributed by atoms with Crippen molar-refractivity contribution in [1.29, 1.82) is 0 Å². The highest BCUT2D eigenvalue weighted by Crippen LogP contribution is 2.39. The van der Waals surface area contributed by atoms with Crippen LogP contribution in [0.3, 0.4) is 0 Å². The number of nitrogens with zero attached hydrogens (tertiary/aromatic N) is 3. The fraction of sp³-hybridized carbons (Fsp3) is 0.386. The Morgan fingerprint density at radius 1 is 0.545 bits per heavy atom. The maximum atomic E-state index is 12.1. The van der Waals surface area contributed by atoms with E-state index in [1.807, 2.05) is 126 Å². The summed E-state index contributed by atoms with van der Waals surface area (Å²) in [5, 5.41) is 15.8. The van der Waals surface area contributed by atoms with Crippen molar-refractivity contribution < 1.29 is 19.1 Å². The fourth-order valence-electron chi connectivity index (χ4n) is 7.95. The Kier molecular flexibility index (Phi) is 24.2. The van der Waals surface area contributed by atoms with Crippen LogP contribution in [0.4, 0.5) is 26.7 Å². The number of nitrogens with one attached hydrogen (secondary N) is 4. The summed E-state index contributed by atoms with van der Waals surface area (Å²) >= 11 is 16.6. The van der Waals surface area contributed by atoms with Crippen LogP contribution in [0.1, 0.15) is 109 Å². The molecule has 0 radical (unpaired) electrons. The summed E-state index contributed by atoms with van der Waals surface area (Å²) in [7, 11) is 0. The smallest absolute Gasteiger partial charge is 0.413 e. The zero-order chi connectivity index (χ0) is 54.4. The predicted molar refractivity (Wildman–Crippen MR) is 334 cm³/mol. The number of carbonyl (C=O) groups is 2. The van der Waals surface area contributed by atoms with Gasteiger partial charge in [0.15, 0.2) is 15.5 Å². The van der Waals surface area contributed by atoms with Gasteiger partial charge in [0.25, 0.3) is 0 Å². The average molecular weight is 1190 g/mol. The van der Waals surface area contributed by atoms with E-state index in [1.54, 1.807) is 11.8 Å². The molecule has 5 aromatic rings.